The molecule has 0 spiro atoms. The van der Waals surface area contributed by atoms with Crippen molar-refractivity contribution in [1.29, 1.82) is 0 Å². The fraction of sp³-hybridized carbons (Fsp3) is 0.400. The lowest BCUT2D eigenvalue weighted by molar-refractivity contribution is -0.274. The zero-order valence-electron chi connectivity index (χ0n) is 20.6. The van der Waals surface area contributed by atoms with Crippen molar-refractivity contribution in [2.75, 3.05) is 24.2 Å². The van der Waals surface area contributed by atoms with E-state index in [2.05, 4.69) is 25.3 Å². The van der Waals surface area contributed by atoms with Gasteiger partial charge >= 0.3 is 12.5 Å². The van der Waals surface area contributed by atoms with E-state index in [-0.39, 0.29) is 28.5 Å². The number of thiophene rings is 1. The Morgan fingerprint density at radius 1 is 1.10 bits per heavy atom. The Kier molecular flexibility index (Phi) is 6.86. The first-order valence-electron chi connectivity index (χ1n) is 12.4. The van der Waals surface area contributed by atoms with Crippen LogP contribution in [0.25, 0.3) is 10.6 Å². The minimum Gasteiger partial charge on any atom is -0.404 e. The number of benzene rings is 1. The number of hydrogen-bond acceptors (Lipinski definition) is 8. The monoisotopic (exact) mass is 601 g/mol. The minimum atomic E-state index is -4.99. The van der Waals surface area contributed by atoms with E-state index in [1.165, 1.54) is 30.0 Å². The molecule has 1 amide bonds. The molecule has 212 valence electrons. The normalized spacial score (nSPS) is 17.8. The Labute approximate surface area is 232 Å². The molecule has 6 rings (SSSR count). The molecule has 0 bridgehead atoms. The van der Waals surface area contributed by atoms with Crippen molar-refractivity contribution in [1.82, 2.24) is 20.2 Å². The van der Waals surface area contributed by atoms with Gasteiger partial charge in [-0.15, -0.1) is 36.3 Å². The zero-order chi connectivity index (χ0) is 28.2. The number of nitrogens with one attached hydrogen (secondary N) is 2. The van der Waals surface area contributed by atoms with Crippen LogP contribution < -0.4 is 15.4 Å². The van der Waals surface area contributed by atoms with Crippen LogP contribution in [-0.2, 0) is 19.1 Å². The molecule has 2 aromatic heterocycles. The predicted molar refractivity (Wildman–Crippen MR) is 137 cm³/mol. The largest absolute Gasteiger partial charge is 0.573 e. The summed E-state index contributed by atoms with van der Waals surface area (Å²) in [6.45, 7) is 1.53. The van der Waals surface area contributed by atoms with Gasteiger partial charge in [-0.3, -0.25) is 4.79 Å². The fourth-order valence-electron chi connectivity index (χ4n) is 4.74. The molecule has 1 fully saturated rings. The van der Waals surface area contributed by atoms with Gasteiger partial charge in [0.15, 0.2) is 5.75 Å². The lowest BCUT2D eigenvalue weighted by Crippen LogP contribution is -2.33. The van der Waals surface area contributed by atoms with Gasteiger partial charge in [0.25, 0.3) is 5.91 Å². The third kappa shape index (κ3) is 5.59. The second kappa shape index (κ2) is 10.1. The van der Waals surface area contributed by atoms with E-state index in [4.69, 9.17) is 0 Å². The minimum absolute atomic E-state index is 0.115. The standard InChI is InChI=1S/C25H21F6N5O2S2/c26-24(27,28)15-11-33-23(34-16-7-12-3-4-32-10-13(12)8-17(16)38-25(29,30)31)35-20(15)18-9-19-21(40-18)22(37)36(5-6-39-19)14-1-2-14/h7-9,11,14,32H,1-6,10H2,(H,33,34,35). The summed E-state index contributed by atoms with van der Waals surface area (Å²) in [6.07, 6.45) is -6.86. The number of ether oxygens (including phenoxy) is 1. The van der Waals surface area contributed by atoms with Gasteiger partial charge in [0, 0.05) is 36.0 Å². The van der Waals surface area contributed by atoms with E-state index in [0.29, 0.717) is 53.3 Å². The first-order chi connectivity index (χ1) is 19.0. The molecule has 7 nitrogen and oxygen atoms in total. The number of fused-ring (bicyclic) bond motifs is 2. The highest BCUT2D eigenvalue weighted by atomic mass is 32.2. The molecule has 4 heterocycles. The molecule has 1 aliphatic carbocycles. The van der Waals surface area contributed by atoms with Crippen molar-refractivity contribution in [2.24, 2.45) is 0 Å². The van der Waals surface area contributed by atoms with Gasteiger partial charge < -0.3 is 20.3 Å². The zero-order valence-corrected chi connectivity index (χ0v) is 22.2. The van der Waals surface area contributed by atoms with Crippen LogP contribution in [-0.4, -0.2) is 52.0 Å². The Balaban J connectivity index is 1.39. The molecule has 3 aliphatic rings. The molecule has 0 saturated heterocycles. The van der Waals surface area contributed by atoms with Crippen LogP contribution in [0.2, 0.25) is 0 Å². The van der Waals surface area contributed by atoms with Crippen molar-refractivity contribution < 1.29 is 35.9 Å². The highest BCUT2D eigenvalue weighted by Gasteiger charge is 2.39. The molecule has 1 aromatic carbocycles. The van der Waals surface area contributed by atoms with E-state index < -0.39 is 29.5 Å². The van der Waals surface area contributed by atoms with E-state index in [1.54, 1.807) is 4.90 Å². The van der Waals surface area contributed by atoms with E-state index in [1.807, 2.05) is 0 Å². The summed E-state index contributed by atoms with van der Waals surface area (Å²) in [6, 6.07) is 4.38. The highest BCUT2D eigenvalue weighted by Crippen LogP contribution is 2.45. The van der Waals surface area contributed by atoms with Crippen LogP contribution in [0.3, 0.4) is 0 Å². The number of nitrogens with zero attached hydrogens (tertiary/aromatic N) is 3. The number of thioether (sulfide) groups is 1. The van der Waals surface area contributed by atoms with E-state index >= 15 is 0 Å². The maximum atomic E-state index is 14.0. The van der Waals surface area contributed by atoms with Gasteiger partial charge in [-0.25, -0.2) is 9.97 Å². The smallest absolute Gasteiger partial charge is 0.404 e. The molecule has 2 N–H and O–H groups in total. The molecular weight excluding hydrogens is 580 g/mol. The van der Waals surface area contributed by atoms with Gasteiger partial charge in [-0.2, -0.15) is 13.2 Å². The van der Waals surface area contributed by atoms with Crippen LogP contribution in [0, 0.1) is 0 Å². The van der Waals surface area contributed by atoms with Crippen LogP contribution in [0.1, 0.15) is 39.2 Å². The van der Waals surface area contributed by atoms with E-state index in [0.717, 1.165) is 29.7 Å². The number of rotatable bonds is 5. The summed E-state index contributed by atoms with van der Waals surface area (Å²) in [5, 5.41) is 5.70. The van der Waals surface area contributed by atoms with E-state index in [9.17, 15) is 31.1 Å². The molecule has 2 aliphatic heterocycles. The highest BCUT2D eigenvalue weighted by molar-refractivity contribution is 7.99. The first kappa shape index (κ1) is 27.1. The number of anilines is 2. The SMILES string of the molecule is O=C1c2sc(-c3nc(Nc4cc5c(cc4OC(F)(F)F)CNCC5)ncc3C(F)(F)F)cc2SCCN1C1CC1. The maximum Gasteiger partial charge on any atom is 0.573 e. The van der Waals surface area contributed by atoms with Gasteiger partial charge in [0.05, 0.1) is 16.3 Å². The molecule has 3 aromatic rings. The number of aromatic nitrogens is 2. The second-order valence-corrected chi connectivity index (χ2v) is 11.7. The summed E-state index contributed by atoms with van der Waals surface area (Å²) in [5.41, 5.74) is -0.325. The summed E-state index contributed by atoms with van der Waals surface area (Å²) in [4.78, 5) is 23.9. The Hall–Kier alpha value is -3.04. The second-order valence-electron chi connectivity index (χ2n) is 9.55. The lowest BCUT2D eigenvalue weighted by Gasteiger charge is -2.22. The van der Waals surface area contributed by atoms with Crippen molar-refractivity contribution in [3.63, 3.8) is 0 Å². The third-order valence-corrected chi connectivity index (χ3v) is 9.00. The number of amides is 1. The number of carbonyl (C=O) groups is 1. The number of hydrogen-bond donors (Lipinski definition) is 2. The number of alkyl halides is 6. The summed E-state index contributed by atoms with van der Waals surface area (Å²) in [7, 11) is 0. The number of carbonyl (C=O) groups excluding carboxylic acids is 1. The fourth-order valence-corrected chi connectivity index (χ4v) is 7.06. The van der Waals surface area contributed by atoms with Crippen molar-refractivity contribution in [3.05, 3.63) is 46.0 Å². The molecule has 15 heteroatoms. The first-order valence-corrected chi connectivity index (χ1v) is 14.2. The Bertz CT molecular complexity index is 1470. The third-order valence-electron chi connectivity index (χ3n) is 6.72. The molecule has 40 heavy (non-hydrogen) atoms. The quantitative estimate of drug-likeness (QED) is 0.336. The van der Waals surface area contributed by atoms with Gasteiger partial charge in [0.1, 0.15) is 10.4 Å². The Morgan fingerprint density at radius 3 is 2.62 bits per heavy atom. The average molecular weight is 602 g/mol. The molecule has 1 saturated carbocycles. The topological polar surface area (TPSA) is 79.4 Å². The maximum absolute atomic E-state index is 14.0. The van der Waals surface area contributed by atoms with Gasteiger partial charge in [-0.05, 0) is 55.1 Å². The van der Waals surface area contributed by atoms with Crippen LogP contribution in [0.15, 0.2) is 29.3 Å². The van der Waals surface area contributed by atoms with Gasteiger partial charge in [0.2, 0.25) is 5.95 Å². The summed E-state index contributed by atoms with van der Waals surface area (Å²) < 4.78 is 85.7. The Morgan fingerprint density at radius 2 is 1.90 bits per heavy atom. The van der Waals surface area contributed by atoms with Crippen LogP contribution >= 0.6 is 23.1 Å². The number of halogens is 6. The molecular formula is C25H21F6N5O2S2. The summed E-state index contributed by atoms with van der Waals surface area (Å²) >= 11 is 2.32. The van der Waals surface area contributed by atoms with Crippen molar-refractivity contribution in [3.8, 4) is 16.3 Å². The lowest BCUT2D eigenvalue weighted by atomic mass is 10.00. The van der Waals surface area contributed by atoms with Crippen molar-refractivity contribution >= 4 is 40.6 Å². The average Bonchev–Trinajstić information content (AvgIpc) is 3.65. The molecule has 0 atom stereocenters. The van der Waals surface area contributed by atoms with Gasteiger partial charge in [-0.1, -0.05) is 0 Å². The van der Waals surface area contributed by atoms with Crippen LogP contribution in [0.5, 0.6) is 5.75 Å². The van der Waals surface area contributed by atoms with Crippen LogP contribution in [0.4, 0.5) is 38.0 Å². The molecule has 0 unspecified atom stereocenters. The summed E-state index contributed by atoms with van der Waals surface area (Å²) in [5.74, 6) is -0.488. The predicted octanol–water partition coefficient (Wildman–Crippen LogP) is 6.22. The molecule has 0 radical (unpaired) electrons. The van der Waals surface area contributed by atoms with Crippen molar-refractivity contribution in [2.45, 2.75) is 49.3 Å².